The van der Waals surface area contributed by atoms with Gasteiger partial charge in [0.25, 0.3) is 0 Å². The first-order valence-corrected chi connectivity index (χ1v) is 8.08. The molecule has 1 unspecified atom stereocenters. The van der Waals surface area contributed by atoms with Crippen LogP contribution in [0.5, 0.6) is 5.75 Å². The van der Waals surface area contributed by atoms with Gasteiger partial charge in [0.05, 0.1) is 0 Å². The summed E-state index contributed by atoms with van der Waals surface area (Å²) in [5, 5.41) is 3.50. The average Bonchev–Trinajstić information content (AvgIpc) is 2.51. The molecule has 0 radical (unpaired) electrons. The minimum Gasteiger partial charge on any atom is -0.489 e. The number of hydrogen-bond donors (Lipinski definition) is 1. The van der Waals surface area contributed by atoms with Gasteiger partial charge in [-0.2, -0.15) is 0 Å². The number of halogens is 1. The first-order chi connectivity index (χ1) is 10.2. The molecular formula is C17H21BrN2O. The molecule has 0 bridgehead atoms. The van der Waals surface area contributed by atoms with E-state index in [-0.39, 0.29) is 0 Å². The lowest BCUT2D eigenvalue weighted by Gasteiger charge is -2.20. The molecule has 1 N–H and O–H groups in total. The lowest BCUT2D eigenvalue weighted by atomic mass is 10.0. The smallest absolute Gasteiger partial charge is 0.124 e. The number of rotatable bonds is 7. The number of nitrogens with zero attached hydrogens (tertiary/aromatic N) is 1. The molecule has 0 spiro atoms. The summed E-state index contributed by atoms with van der Waals surface area (Å²) in [5.74, 6) is 0.935. The van der Waals surface area contributed by atoms with Crippen LogP contribution in [-0.4, -0.2) is 11.5 Å². The molecule has 0 saturated carbocycles. The first-order valence-electron chi connectivity index (χ1n) is 7.29. The van der Waals surface area contributed by atoms with Crippen molar-refractivity contribution < 1.29 is 4.74 Å². The monoisotopic (exact) mass is 348 g/mol. The van der Waals surface area contributed by atoms with Gasteiger partial charge in [0.1, 0.15) is 12.4 Å². The molecule has 0 saturated heterocycles. The van der Waals surface area contributed by atoms with E-state index in [0.717, 1.165) is 28.8 Å². The Labute approximate surface area is 134 Å². The van der Waals surface area contributed by atoms with E-state index in [1.54, 1.807) is 6.20 Å². The third-order valence-corrected chi connectivity index (χ3v) is 3.74. The third kappa shape index (κ3) is 4.55. The van der Waals surface area contributed by atoms with Gasteiger partial charge in [-0.3, -0.25) is 4.98 Å². The highest BCUT2D eigenvalue weighted by Crippen LogP contribution is 2.27. The van der Waals surface area contributed by atoms with E-state index >= 15 is 0 Å². The molecule has 1 aromatic heterocycles. The lowest BCUT2D eigenvalue weighted by molar-refractivity contribution is 0.298. The van der Waals surface area contributed by atoms with Crippen LogP contribution in [0.25, 0.3) is 0 Å². The minimum absolute atomic E-state index is 0.326. The predicted molar refractivity (Wildman–Crippen MR) is 89.4 cm³/mol. The summed E-state index contributed by atoms with van der Waals surface area (Å²) >= 11 is 3.43. The summed E-state index contributed by atoms with van der Waals surface area (Å²) in [7, 11) is 0. The van der Waals surface area contributed by atoms with E-state index in [2.05, 4.69) is 52.2 Å². The molecule has 21 heavy (non-hydrogen) atoms. The van der Waals surface area contributed by atoms with Crippen molar-refractivity contribution in [2.24, 2.45) is 0 Å². The molecule has 3 nitrogen and oxygen atoms in total. The molecule has 4 heteroatoms. The van der Waals surface area contributed by atoms with Crippen LogP contribution in [0.3, 0.4) is 0 Å². The molecule has 1 atom stereocenters. The van der Waals surface area contributed by atoms with Crippen molar-refractivity contribution in [3.8, 4) is 5.75 Å². The molecule has 2 aromatic rings. The highest BCUT2D eigenvalue weighted by Gasteiger charge is 2.13. The maximum Gasteiger partial charge on any atom is 0.124 e. The second kappa shape index (κ2) is 8.15. The molecule has 1 aromatic carbocycles. The second-order valence-electron chi connectivity index (χ2n) is 4.86. The molecule has 1 heterocycles. The normalized spacial score (nSPS) is 12.1. The van der Waals surface area contributed by atoms with Crippen LogP contribution in [0, 0.1) is 0 Å². The first kappa shape index (κ1) is 16.0. The van der Waals surface area contributed by atoms with Crippen molar-refractivity contribution in [2.45, 2.75) is 32.9 Å². The predicted octanol–water partition coefficient (Wildman–Crippen LogP) is 4.48. The van der Waals surface area contributed by atoms with Crippen LogP contribution in [-0.2, 0) is 6.61 Å². The number of pyridine rings is 1. The standard InChI is InChI=1S/C17H21BrN2O/c1-3-16(20-4-2)15-7-5-6-8-17(15)21-12-13-9-14(18)11-19-10-13/h5-11,16,20H,3-4,12H2,1-2H3. The average molecular weight is 349 g/mol. The fourth-order valence-corrected chi connectivity index (χ4v) is 2.73. The van der Waals surface area contributed by atoms with Crippen LogP contribution >= 0.6 is 15.9 Å². The summed E-state index contributed by atoms with van der Waals surface area (Å²) in [6, 6.07) is 10.6. The maximum atomic E-state index is 6.01. The topological polar surface area (TPSA) is 34.1 Å². The summed E-state index contributed by atoms with van der Waals surface area (Å²) in [6.45, 7) is 5.77. The van der Waals surface area contributed by atoms with Crippen molar-refractivity contribution >= 4 is 15.9 Å². The van der Waals surface area contributed by atoms with Gasteiger partial charge in [-0.15, -0.1) is 0 Å². The molecule has 2 rings (SSSR count). The Morgan fingerprint density at radius 3 is 2.76 bits per heavy atom. The number of ether oxygens (including phenoxy) is 1. The Balaban J connectivity index is 2.12. The van der Waals surface area contributed by atoms with Crippen molar-refractivity contribution in [3.05, 3.63) is 58.3 Å². The Hall–Kier alpha value is -1.39. The molecule has 112 valence electrons. The Morgan fingerprint density at radius 1 is 1.24 bits per heavy atom. The van der Waals surface area contributed by atoms with Crippen molar-refractivity contribution in [2.75, 3.05) is 6.54 Å². The van der Waals surface area contributed by atoms with Crippen LogP contribution in [0.4, 0.5) is 0 Å². The number of hydrogen-bond acceptors (Lipinski definition) is 3. The van der Waals surface area contributed by atoms with Crippen molar-refractivity contribution in [1.82, 2.24) is 10.3 Å². The summed E-state index contributed by atoms with van der Waals surface area (Å²) in [6.07, 6.45) is 4.64. The molecular weight excluding hydrogens is 328 g/mol. The molecule has 0 aliphatic carbocycles. The highest BCUT2D eigenvalue weighted by molar-refractivity contribution is 9.10. The third-order valence-electron chi connectivity index (χ3n) is 3.31. The van der Waals surface area contributed by atoms with Crippen LogP contribution in [0.2, 0.25) is 0 Å². The fraction of sp³-hybridized carbons (Fsp3) is 0.353. The van der Waals surface area contributed by atoms with Crippen LogP contribution < -0.4 is 10.1 Å². The summed E-state index contributed by atoms with van der Waals surface area (Å²) in [5.41, 5.74) is 2.26. The van der Waals surface area contributed by atoms with Gasteiger partial charge in [-0.05, 0) is 41.0 Å². The number of aromatic nitrogens is 1. The summed E-state index contributed by atoms with van der Waals surface area (Å²) < 4.78 is 6.97. The molecule has 0 fully saturated rings. The van der Waals surface area contributed by atoms with Gasteiger partial charge in [-0.1, -0.05) is 32.0 Å². The minimum atomic E-state index is 0.326. The van der Waals surface area contributed by atoms with E-state index in [4.69, 9.17) is 4.74 Å². The van der Waals surface area contributed by atoms with Gasteiger partial charge < -0.3 is 10.1 Å². The van der Waals surface area contributed by atoms with Crippen molar-refractivity contribution in [1.29, 1.82) is 0 Å². The van der Waals surface area contributed by atoms with Crippen LogP contribution in [0.15, 0.2) is 47.2 Å². The highest BCUT2D eigenvalue weighted by atomic mass is 79.9. The largest absolute Gasteiger partial charge is 0.489 e. The van der Waals surface area contributed by atoms with Gasteiger partial charge in [-0.25, -0.2) is 0 Å². The molecule has 0 aliphatic rings. The molecule has 0 aliphatic heterocycles. The van der Waals surface area contributed by atoms with Crippen molar-refractivity contribution in [3.63, 3.8) is 0 Å². The molecule has 0 amide bonds. The number of nitrogens with one attached hydrogen (secondary N) is 1. The Bertz CT molecular complexity index is 574. The van der Waals surface area contributed by atoms with E-state index in [9.17, 15) is 0 Å². The van der Waals surface area contributed by atoms with E-state index in [1.165, 1.54) is 5.56 Å². The quantitative estimate of drug-likeness (QED) is 0.800. The van der Waals surface area contributed by atoms with Gasteiger partial charge >= 0.3 is 0 Å². The lowest BCUT2D eigenvalue weighted by Crippen LogP contribution is -2.20. The zero-order valence-corrected chi connectivity index (χ0v) is 14.1. The van der Waals surface area contributed by atoms with E-state index in [1.807, 2.05) is 24.4 Å². The second-order valence-corrected chi connectivity index (χ2v) is 5.77. The zero-order valence-electron chi connectivity index (χ0n) is 12.5. The summed E-state index contributed by atoms with van der Waals surface area (Å²) in [4.78, 5) is 4.16. The van der Waals surface area contributed by atoms with Gasteiger partial charge in [0.2, 0.25) is 0 Å². The Kier molecular flexibility index (Phi) is 6.21. The Morgan fingerprint density at radius 2 is 2.05 bits per heavy atom. The SMILES string of the molecule is CCNC(CC)c1ccccc1OCc1cncc(Br)c1. The van der Waals surface area contributed by atoms with E-state index in [0.29, 0.717) is 12.6 Å². The number of para-hydroxylation sites is 1. The van der Waals surface area contributed by atoms with E-state index < -0.39 is 0 Å². The van der Waals surface area contributed by atoms with Gasteiger partial charge in [0, 0.05) is 34.0 Å². The maximum absolute atomic E-state index is 6.01. The van der Waals surface area contributed by atoms with Crippen LogP contribution in [0.1, 0.15) is 37.4 Å². The van der Waals surface area contributed by atoms with Gasteiger partial charge in [0.15, 0.2) is 0 Å². The number of benzene rings is 1. The fourth-order valence-electron chi connectivity index (χ4n) is 2.32. The zero-order chi connectivity index (χ0) is 15.1.